The number of anilines is 1. The van der Waals surface area contributed by atoms with Gasteiger partial charge in [-0.2, -0.15) is 0 Å². The van der Waals surface area contributed by atoms with Crippen LogP contribution in [0.1, 0.15) is 63.7 Å². The zero-order valence-corrected chi connectivity index (χ0v) is 25.0. The number of rotatable bonds is 10. The number of fused-ring (bicyclic) bond motifs is 1. The van der Waals surface area contributed by atoms with Crippen LogP contribution in [0.3, 0.4) is 0 Å². The lowest BCUT2D eigenvalue weighted by Crippen LogP contribution is -2.47. The Morgan fingerprint density at radius 1 is 1.19 bits per heavy atom. The maximum Gasteiger partial charge on any atom is 0.410 e. The molecule has 1 saturated heterocycles. The molecule has 10 heteroatoms. The van der Waals surface area contributed by atoms with Gasteiger partial charge in [0, 0.05) is 53.5 Å². The topological polar surface area (TPSA) is 89.8 Å². The van der Waals surface area contributed by atoms with Crippen molar-refractivity contribution in [1.29, 1.82) is 0 Å². The second kappa shape index (κ2) is 11.9. The van der Waals surface area contributed by atoms with E-state index in [0.29, 0.717) is 49.6 Å². The number of carbonyl (C=O) groups is 2. The second-order valence-electron chi connectivity index (χ2n) is 12.2. The molecule has 1 aliphatic heterocycles. The number of likely N-dealkylation sites (tertiary alicyclic amines) is 1. The molecule has 2 aromatic rings. The van der Waals surface area contributed by atoms with Crippen LogP contribution in [0.15, 0.2) is 12.4 Å². The van der Waals surface area contributed by atoms with Gasteiger partial charge in [-0.1, -0.05) is 26.6 Å². The van der Waals surface area contributed by atoms with Gasteiger partial charge >= 0.3 is 6.09 Å². The van der Waals surface area contributed by atoms with Gasteiger partial charge in [-0.05, 0) is 46.1 Å². The fourth-order valence-electron chi connectivity index (χ4n) is 4.37. The van der Waals surface area contributed by atoms with Crippen LogP contribution in [-0.4, -0.2) is 77.8 Å². The van der Waals surface area contributed by atoms with Crippen LogP contribution in [0.5, 0.6) is 0 Å². The third-order valence-electron chi connectivity index (χ3n) is 6.58. The minimum atomic E-state index is -1.18. The van der Waals surface area contributed by atoms with Gasteiger partial charge in [-0.25, -0.2) is 14.8 Å². The van der Waals surface area contributed by atoms with Crippen LogP contribution in [0, 0.1) is 0 Å². The predicted octanol–water partition coefficient (Wildman–Crippen LogP) is 5.56. The summed E-state index contributed by atoms with van der Waals surface area (Å²) < 4.78 is 13.4. The molecule has 3 rings (SSSR count). The number of piperidine rings is 1. The molecule has 3 heterocycles. The van der Waals surface area contributed by atoms with Crippen LogP contribution in [0.2, 0.25) is 25.7 Å². The molecule has 0 N–H and O–H groups in total. The predicted molar refractivity (Wildman–Crippen MR) is 150 cm³/mol. The Bertz CT molecular complexity index is 1080. The van der Waals surface area contributed by atoms with Crippen molar-refractivity contribution in [3.63, 3.8) is 0 Å². The molecule has 1 aliphatic rings. The van der Waals surface area contributed by atoms with Crippen molar-refractivity contribution in [2.24, 2.45) is 0 Å². The molecular weight excluding hydrogens is 486 g/mol. The largest absolute Gasteiger partial charge is 0.444 e. The van der Waals surface area contributed by atoms with E-state index >= 15 is 0 Å². The van der Waals surface area contributed by atoms with Gasteiger partial charge < -0.3 is 23.8 Å². The van der Waals surface area contributed by atoms with Crippen LogP contribution < -0.4 is 4.90 Å². The van der Waals surface area contributed by atoms with Gasteiger partial charge in [0.05, 0.1) is 11.8 Å². The number of aromatic nitrogens is 3. The van der Waals surface area contributed by atoms with E-state index in [2.05, 4.69) is 24.5 Å². The molecule has 2 aromatic heterocycles. The highest BCUT2D eigenvalue weighted by atomic mass is 28.3. The summed E-state index contributed by atoms with van der Waals surface area (Å²) >= 11 is 0. The summed E-state index contributed by atoms with van der Waals surface area (Å²) in [6, 6.07) is 1.30. The lowest BCUT2D eigenvalue weighted by Gasteiger charge is -2.37. The first-order valence-electron chi connectivity index (χ1n) is 13.5. The first kappa shape index (κ1) is 29.1. The Morgan fingerprint density at radius 3 is 2.46 bits per heavy atom. The number of ether oxygens (including phenoxy) is 2. The molecule has 206 valence electrons. The molecule has 9 nitrogen and oxygen atoms in total. The van der Waals surface area contributed by atoms with Crippen molar-refractivity contribution >= 4 is 36.9 Å². The smallest absolute Gasteiger partial charge is 0.410 e. The summed E-state index contributed by atoms with van der Waals surface area (Å²) in [7, 11) is 0.826. The number of carbonyl (C=O) groups excluding carboxylic acids is 2. The van der Waals surface area contributed by atoms with Crippen LogP contribution in [-0.2, 0) is 16.2 Å². The molecular formula is C27H45N5O4Si. The minimum Gasteiger partial charge on any atom is -0.444 e. The monoisotopic (exact) mass is 531 g/mol. The number of Topliss-reactive ketones (excluding diaryl/α,β-unsaturated/α-hetero) is 1. The van der Waals surface area contributed by atoms with Crippen molar-refractivity contribution in [3.8, 4) is 0 Å². The van der Waals surface area contributed by atoms with Gasteiger partial charge in [0.25, 0.3) is 0 Å². The van der Waals surface area contributed by atoms with Gasteiger partial charge in [-0.3, -0.25) is 4.79 Å². The Kier molecular flexibility index (Phi) is 9.39. The van der Waals surface area contributed by atoms with E-state index in [-0.39, 0.29) is 17.9 Å². The highest BCUT2D eigenvalue weighted by molar-refractivity contribution is 6.76. The highest BCUT2D eigenvalue weighted by Gasteiger charge is 2.29. The van der Waals surface area contributed by atoms with E-state index in [1.54, 1.807) is 11.1 Å². The Morgan fingerprint density at radius 2 is 1.86 bits per heavy atom. The lowest BCUT2D eigenvalue weighted by atomic mass is 10.0. The standard InChI is InChI=1S/C27H45N5O4Si/c1-9-10-22(33)21-18-32(19-35-15-16-37(6,7)8)25-24(21)29-23(17-28-25)30(5)20-11-13-31(14-12-20)26(34)36-27(2,3)4/h17-18,20H,9-16,19H2,1-8H3. The minimum absolute atomic E-state index is 0.0770. The van der Waals surface area contributed by atoms with E-state index in [0.717, 1.165) is 31.1 Å². The van der Waals surface area contributed by atoms with Gasteiger partial charge in [0.1, 0.15) is 23.7 Å². The first-order chi connectivity index (χ1) is 17.3. The molecule has 0 spiro atoms. The zero-order chi connectivity index (χ0) is 27.4. The molecule has 0 radical (unpaired) electrons. The summed E-state index contributed by atoms with van der Waals surface area (Å²) in [5, 5.41) is 0. The van der Waals surface area contributed by atoms with E-state index in [4.69, 9.17) is 19.4 Å². The number of ketones is 1. The van der Waals surface area contributed by atoms with Gasteiger partial charge in [0.15, 0.2) is 11.4 Å². The highest BCUT2D eigenvalue weighted by Crippen LogP contribution is 2.26. The number of hydrogen-bond donors (Lipinski definition) is 0. The number of nitrogens with zero attached hydrogens (tertiary/aromatic N) is 5. The van der Waals surface area contributed by atoms with Crippen molar-refractivity contribution < 1.29 is 19.1 Å². The molecule has 0 aliphatic carbocycles. The Labute approximate surface area is 222 Å². The van der Waals surface area contributed by atoms with E-state index in [1.165, 1.54) is 0 Å². The Balaban J connectivity index is 1.75. The van der Waals surface area contributed by atoms with Crippen molar-refractivity contribution in [2.45, 2.75) is 97.4 Å². The average molecular weight is 532 g/mol. The molecule has 37 heavy (non-hydrogen) atoms. The maximum atomic E-state index is 12.9. The van der Waals surface area contributed by atoms with Gasteiger partial charge in [-0.15, -0.1) is 0 Å². The summed E-state index contributed by atoms with van der Waals surface area (Å²) in [6.07, 6.45) is 6.23. The van der Waals surface area contributed by atoms with E-state index < -0.39 is 13.7 Å². The number of amides is 1. The van der Waals surface area contributed by atoms with Gasteiger partial charge in [0.2, 0.25) is 0 Å². The molecule has 0 aromatic carbocycles. The Hall–Kier alpha value is -2.46. The third-order valence-corrected chi connectivity index (χ3v) is 8.29. The average Bonchev–Trinajstić information content (AvgIpc) is 3.18. The van der Waals surface area contributed by atoms with Crippen molar-refractivity contribution in [3.05, 3.63) is 18.0 Å². The molecule has 0 atom stereocenters. The second-order valence-corrected chi connectivity index (χ2v) is 17.9. The molecule has 1 fully saturated rings. The molecule has 0 bridgehead atoms. The van der Waals surface area contributed by atoms with Crippen molar-refractivity contribution in [2.75, 3.05) is 31.6 Å². The molecule has 1 amide bonds. The molecule has 0 saturated carbocycles. The van der Waals surface area contributed by atoms with Crippen LogP contribution in [0.25, 0.3) is 11.2 Å². The first-order valence-corrected chi connectivity index (χ1v) is 17.2. The van der Waals surface area contributed by atoms with Crippen LogP contribution >= 0.6 is 0 Å². The van der Waals surface area contributed by atoms with Crippen LogP contribution in [0.4, 0.5) is 10.6 Å². The van der Waals surface area contributed by atoms with Crippen molar-refractivity contribution in [1.82, 2.24) is 19.4 Å². The maximum absolute atomic E-state index is 12.9. The van der Waals surface area contributed by atoms with E-state index in [9.17, 15) is 9.59 Å². The summed E-state index contributed by atoms with van der Waals surface area (Å²) in [5.74, 6) is 0.805. The summed E-state index contributed by atoms with van der Waals surface area (Å²) in [5.41, 5.74) is 1.40. The zero-order valence-electron chi connectivity index (χ0n) is 24.0. The summed E-state index contributed by atoms with van der Waals surface area (Å²) in [6.45, 7) is 16.9. The quantitative estimate of drug-likeness (QED) is 0.225. The fourth-order valence-corrected chi connectivity index (χ4v) is 5.12. The summed E-state index contributed by atoms with van der Waals surface area (Å²) in [4.78, 5) is 38.9. The molecule has 0 unspecified atom stereocenters. The lowest BCUT2D eigenvalue weighted by molar-refractivity contribution is 0.0205. The third kappa shape index (κ3) is 8.01. The SMILES string of the molecule is CCCC(=O)c1cn(COCC[Si](C)(C)C)c2ncc(N(C)C3CCN(C(=O)OC(C)(C)C)CC3)nc12. The fraction of sp³-hybridized carbons (Fsp3) is 0.704. The van der Waals surface area contributed by atoms with E-state index in [1.807, 2.05) is 45.5 Å². The normalized spacial score (nSPS) is 15.3. The number of hydrogen-bond acceptors (Lipinski definition) is 7.